The van der Waals surface area contributed by atoms with Crippen molar-refractivity contribution in [2.75, 3.05) is 20.6 Å². The molecule has 0 aliphatic carbocycles. The Morgan fingerprint density at radius 1 is 1.27 bits per heavy atom. The number of piperidine rings is 1. The third-order valence-corrected chi connectivity index (χ3v) is 6.07. The largest absolute Gasteiger partial charge is 0.326 e. The molecule has 1 fully saturated rings. The molecule has 2 unspecified atom stereocenters. The van der Waals surface area contributed by atoms with E-state index in [4.69, 9.17) is 5.73 Å². The summed E-state index contributed by atoms with van der Waals surface area (Å²) in [7, 11) is 0.522. The molecule has 0 saturated carbocycles. The third kappa shape index (κ3) is 3.87. The molecular weight excluding hydrogens is 298 g/mol. The molecular formula is C16H27N3O2S. The zero-order valence-electron chi connectivity index (χ0n) is 13.7. The minimum atomic E-state index is -3.46. The minimum Gasteiger partial charge on any atom is -0.326 e. The summed E-state index contributed by atoms with van der Waals surface area (Å²) in [6.07, 6.45) is 2.79. The number of nitrogens with zero attached hydrogens (tertiary/aromatic N) is 2. The molecule has 6 heteroatoms. The molecule has 1 aromatic carbocycles. The number of benzene rings is 1. The molecule has 22 heavy (non-hydrogen) atoms. The molecule has 5 nitrogen and oxygen atoms in total. The highest BCUT2D eigenvalue weighted by Crippen LogP contribution is 2.26. The lowest BCUT2D eigenvalue weighted by Crippen LogP contribution is -2.51. The normalized spacial score (nSPS) is 22.0. The molecule has 0 amide bonds. The van der Waals surface area contributed by atoms with Gasteiger partial charge >= 0.3 is 0 Å². The maximum Gasteiger partial charge on any atom is 0.243 e. The lowest BCUT2D eigenvalue weighted by molar-refractivity contribution is 0.227. The van der Waals surface area contributed by atoms with Crippen LogP contribution in [-0.4, -0.2) is 50.3 Å². The van der Waals surface area contributed by atoms with Gasteiger partial charge in [0.25, 0.3) is 0 Å². The van der Waals surface area contributed by atoms with Crippen molar-refractivity contribution in [1.82, 2.24) is 9.21 Å². The van der Waals surface area contributed by atoms with E-state index in [1.54, 1.807) is 16.4 Å². The van der Waals surface area contributed by atoms with Crippen molar-refractivity contribution < 1.29 is 8.42 Å². The molecule has 0 radical (unpaired) electrons. The Hall–Kier alpha value is -0.950. The molecule has 2 atom stereocenters. The Kier molecular flexibility index (Phi) is 5.60. The predicted molar refractivity (Wildman–Crippen MR) is 89.0 cm³/mol. The van der Waals surface area contributed by atoms with Crippen molar-refractivity contribution in [2.24, 2.45) is 5.73 Å². The summed E-state index contributed by atoms with van der Waals surface area (Å²) in [4.78, 5) is 2.42. The highest BCUT2D eigenvalue weighted by Gasteiger charge is 2.35. The van der Waals surface area contributed by atoms with E-state index in [9.17, 15) is 8.42 Å². The first kappa shape index (κ1) is 17.4. The molecule has 0 aromatic heterocycles. The van der Waals surface area contributed by atoms with Crippen LogP contribution in [0.2, 0.25) is 0 Å². The van der Waals surface area contributed by atoms with Crippen LogP contribution in [0.15, 0.2) is 29.2 Å². The van der Waals surface area contributed by atoms with Crippen molar-refractivity contribution in [3.8, 4) is 0 Å². The number of sulfonamides is 1. The lowest BCUT2D eigenvalue weighted by atomic mass is 10.00. The van der Waals surface area contributed by atoms with Crippen molar-refractivity contribution in [3.05, 3.63) is 29.8 Å². The van der Waals surface area contributed by atoms with Gasteiger partial charge in [-0.3, -0.25) is 0 Å². The second-order valence-electron chi connectivity index (χ2n) is 6.42. The van der Waals surface area contributed by atoms with Crippen LogP contribution < -0.4 is 5.73 Å². The number of nitrogens with two attached hydrogens (primary N) is 1. The monoisotopic (exact) mass is 325 g/mol. The standard InChI is InChI=1S/C16H27N3O2S/c1-13(17)16-6-4-5-11-19(16)22(20,21)15-9-7-14(8-10-15)12-18(2)3/h7-10,13,16H,4-6,11-12,17H2,1-3H3. The summed E-state index contributed by atoms with van der Waals surface area (Å²) < 4.78 is 27.4. The zero-order chi connectivity index (χ0) is 16.3. The third-order valence-electron chi connectivity index (χ3n) is 4.13. The molecule has 1 heterocycles. The molecule has 1 aliphatic heterocycles. The highest BCUT2D eigenvalue weighted by molar-refractivity contribution is 7.89. The summed E-state index contributed by atoms with van der Waals surface area (Å²) >= 11 is 0. The van der Waals surface area contributed by atoms with Crippen LogP contribution in [0.4, 0.5) is 0 Å². The summed E-state index contributed by atoms with van der Waals surface area (Å²) in [6.45, 7) is 3.25. The first-order chi connectivity index (χ1) is 10.3. The summed E-state index contributed by atoms with van der Waals surface area (Å²) in [5.74, 6) is 0. The van der Waals surface area contributed by atoms with Crippen molar-refractivity contribution >= 4 is 10.0 Å². The zero-order valence-corrected chi connectivity index (χ0v) is 14.5. The van der Waals surface area contributed by atoms with Gasteiger partial charge in [0, 0.05) is 25.2 Å². The van der Waals surface area contributed by atoms with E-state index >= 15 is 0 Å². The van der Waals surface area contributed by atoms with Crippen LogP contribution in [0.3, 0.4) is 0 Å². The van der Waals surface area contributed by atoms with E-state index in [0.29, 0.717) is 11.4 Å². The first-order valence-electron chi connectivity index (χ1n) is 7.83. The van der Waals surface area contributed by atoms with Gasteiger partial charge < -0.3 is 10.6 Å². The lowest BCUT2D eigenvalue weighted by Gasteiger charge is -2.36. The van der Waals surface area contributed by atoms with E-state index in [2.05, 4.69) is 4.90 Å². The van der Waals surface area contributed by atoms with E-state index in [1.165, 1.54) is 0 Å². The maximum atomic E-state index is 12.9. The average Bonchev–Trinajstić information content (AvgIpc) is 2.47. The Balaban J connectivity index is 2.25. The summed E-state index contributed by atoms with van der Waals surface area (Å²) in [6, 6.07) is 6.94. The summed E-state index contributed by atoms with van der Waals surface area (Å²) in [5, 5.41) is 0. The molecule has 1 aromatic rings. The Morgan fingerprint density at radius 2 is 1.91 bits per heavy atom. The van der Waals surface area contributed by atoms with E-state index in [1.807, 2.05) is 33.2 Å². The fourth-order valence-electron chi connectivity index (χ4n) is 3.02. The van der Waals surface area contributed by atoms with E-state index < -0.39 is 10.0 Å². The van der Waals surface area contributed by atoms with Crippen LogP contribution in [0.1, 0.15) is 31.7 Å². The fourth-order valence-corrected chi connectivity index (χ4v) is 4.80. The van der Waals surface area contributed by atoms with Crippen molar-refractivity contribution in [2.45, 2.75) is 49.7 Å². The Labute approximate surface area is 134 Å². The SMILES string of the molecule is CC(N)C1CCCCN1S(=O)(=O)c1ccc(CN(C)C)cc1. The molecule has 1 aliphatic rings. The van der Waals surface area contributed by atoms with Gasteiger partial charge in [0.1, 0.15) is 0 Å². The van der Waals surface area contributed by atoms with Crippen LogP contribution in [-0.2, 0) is 16.6 Å². The number of rotatable bonds is 5. The highest BCUT2D eigenvalue weighted by atomic mass is 32.2. The second kappa shape index (κ2) is 7.08. The molecule has 124 valence electrons. The molecule has 1 saturated heterocycles. The minimum absolute atomic E-state index is 0.0970. The van der Waals surface area contributed by atoms with E-state index in [0.717, 1.165) is 31.4 Å². The van der Waals surface area contributed by atoms with Gasteiger partial charge in [0.05, 0.1) is 4.90 Å². The topological polar surface area (TPSA) is 66.6 Å². The maximum absolute atomic E-state index is 12.9. The van der Waals surface area contributed by atoms with Gasteiger partial charge in [-0.15, -0.1) is 0 Å². The number of hydrogen-bond donors (Lipinski definition) is 1. The van der Waals surface area contributed by atoms with Crippen LogP contribution in [0.25, 0.3) is 0 Å². The summed E-state index contributed by atoms with van der Waals surface area (Å²) in [5.41, 5.74) is 7.10. The molecule has 0 bridgehead atoms. The van der Waals surface area contributed by atoms with Crippen molar-refractivity contribution in [3.63, 3.8) is 0 Å². The molecule has 2 rings (SSSR count). The van der Waals surface area contributed by atoms with E-state index in [-0.39, 0.29) is 12.1 Å². The molecule has 2 N–H and O–H groups in total. The van der Waals surface area contributed by atoms with Gasteiger partial charge in [-0.25, -0.2) is 8.42 Å². The van der Waals surface area contributed by atoms with Gasteiger partial charge in [-0.2, -0.15) is 4.31 Å². The first-order valence-corrected chi connectivity index (χ1v) is 9.27. The number of hydrogen-bond acceptors (Lipinski definition) is 4. The van der Waals surface area contributed by atoms with Crippen molar-refractivity contribution in [1.29, 1.82) is 0 Å². The Morgan fingerprint density at radius 3 is 2.45 bits per heavy atom. The smallest absolute Gasteiger partial charge is 0.243 e. The predicted octanol–water partition coefficient (Wildman–Crippen LogP) is 1.64. The second-order valence-corrected chi connectivity index (χ2v) is 8.31. The van der Waals surface area contributed by atoms with Gasteiger partial charge in [0.15, 0.2) is 0 Å². The molecule has 0 spiro atoms. The fraction of sp³-hybridized carbons (Fsp3) is 0.625. The van der Waals surface area contributed by atoms with Crippen LogP contribution in [0.5, 0.6) is 0 Å². The Bertz CT molecular complexity index is 582. The van der Waals surface area contributed by atoms with Crippen LogP contribution >= 0.6 is 0 Å². The van der Waals surface area contributed by atoms with Gasteiger partial charge in [-0.1, -0.05) is 18.6 Å². The average molecular weight is 325 g/mol. The quantitative estimate of drug-likeness (QED) is 0.894. The van der Waals surface area contributed by atoms with Gasteiger partial charge in [0.2, 0.25) is 10.0 Å². The van der Waals surface area contributed by atoms with Crippen LogP contribution in [0, 0.1) is 0 Å². The van der Waals surface area contributed by atoms with Gasteiger partial charge in [-0.05, 0) is 51.6 Å².